The van der Waals surface area contributed by atoms with E-state index in [4.69, 9.17) is 0 Å². The molecule has 0 aromatic carbocycles. The first kappa shape index (κ1) is 13.8. The fourth-order valence-corrected chi connectivity index (χ4v) is 5.49. The molecule has 1 atom stereocenters. The zero-order chi connectivity index (χ0) is 12.3. The van der Waals surface area contributed by atoms with E-state index in [1.807, 2.05) is 0 Å². The van der Waals surface area contributed by atoms with Gasteiger partial charge in [-0.15, -0.1) is 0 Å². The van der Waals surface area contributed by atoms with Crippen molar-refractivity contribution in [3.63, 3.8) is 0 Å². The van der Waals surface area contributed by atoms with E-state index >= 15 is 0 Å². The lowest BCUT2D eigenvalue weighted by molar-refractivity contribution is 0.340. The zero-order valence-corrected chi connectivity index (χ0v) is 12.5. The van der Waals surface area contributed by atoms with Crippen molar-refractivity contribution < 1.29 is 8.42 Å². The van der Waals surface area contributed by atoms with Crippen LogP contribution < -0.4 is 0 Å². The van der Waals surface area contributed by atoms with Crippen LogP contribution in [0.25, 0.3) is 0 Å². The number of hydrogen-bond acceptors (Lipinski definition) is 2. The molecule has 2 aliphatic heterocycles. The molecule has 2 saturated heterocycles. The molecule has 100 valence electrons. The molecule has 0 aliphatic carbocycles. The average molecular weight is 325 g/mol. The predicted octanol–water partition coefficient (Wildman–Crippen LogP) is 1.97. The standard InChI is InChI=1S/C11H21BrN2O2S/c12-10-11-6-5-9-14(11)17(15,16)13-7-3-1-2-4-8-13/h11H,1-10H2. The van der Waals surface area contributed by atoms with Crippen LogP contribution in [0.4, 0.5) is 0 Å². The van der Waals surface area contributed by atoms with Gasteiger partial charge in [-0.1, -0.05) is 28.8 Å². The molecule has 1 unspecified atom stereocenters. The fourth-order valence-electron chi connectivity index (χ4n) is 2.69. The van der Waals surface area contributed by atoms with Crippen LogP contribution in [-0.4, -0.2) is 48.0 Å². The summed E-state index contributed by atoms with van der Waals surface area (Å²) in [5.74, 6) is 0. The number of hydrogen-bond donors (Lipinski definition) is 0. The Kier molecular flexibility index (Phi) is 4.86. The van der Waals surface area contributed by atoms with Gasteiger partial charge in [0, 0.05) is 31.0 Å². The van der Waals surface area contributed by atoms with Gasteiger partial charge in [-0.25, -0.2) is 0 Å². The predicted molar refractivity (Wildman–Crippen MR) is 72.5 cm³/mol. The van der Waals surface area contributed by atoms with Crippen molar-refractivity contribution in [1.82, 2.24) is 8.61 Å². The van der Waals surface area contributed by atoms with Crippen LogP contribution >= 0.6 is 15.9 Å². The molecule has 2 heterocycles. The summed E-state index contributed by atoms with van der Waals surface area (Å²) in [5.41, 5.74) is 0. The van der Waals surface area contributed by atoms with Crippen molar-refractivity contribution >= 4 is 26.1 Å². The van der Waals surface area contributed by atoms with Crippen LogP contribution in [-0.2, 0) is 10.2 Å². The highest BCUT2D eigenvalue weighted by atomic mass is 79.9. The molecular weight excluding hydrogens is 304 g/mol. The van der Waals surface area contributed by atoms with Gasteiger partial charge in [0.2, 0.25) is 0 Å². The molecule has 0 amide bonds. The van der Waals surface area contributed by atoms with Crippen molar-refractivity contribution in [1.29, 1.82) is 0 Å². The first-order chi connectivity index (χ1) is 8.16. The molecule has 0 radical (unpaired) electrons. The first-order valence-corrected chi connectivity index (χ1v) is 9.01. The Balaban J connectivity index is 2.11. The lowest BCUT2D eigenvalue weighted by Gasteiger charge is -2.29. The third-order valence-electron chi connectivity index (χ3n) is 3.69. The fraction of sp³-hybridized carbons (Fsp3) is 1.00. The molecule has 2 aliphatic rings. The Morgan fingerprint density at radius 3 is 2.24 bits per heavy atom. The third kappa shape index (κ3) is 3.03. The number of rotatable bonds is 3. The third-order valence-corrected chi connectivity index (χ3v) is 6.53. The minimum absolute atomic E-state index is 0.156. The van der Waals surface area contributed by atoms with Crippen LogP contribution in [0.15, 0.2) is 0 Å². The second-order valence-corrected chi connectivity index (χ2v) is 7.41. The molecule has 0 aromatic rings. The van der Waals surface area contributed by atoms with Crippen LogP contribution in [0.3, 0.4) is 0 Å². The second-order valence-electron chi connectivity index (χ2n) is 4.88. The summed E-state index contributed by atoms with van der Waals surface area (Å²) in [5, 5.41) is 0.750. The minimum atomic E-state index is -3.21. The molecule has 2 rings (SSSR count). The largest absolute Gasteiger partial charge is 0.282 e. The molecule has 4 nitrogen and oxygen atoms in total. The molecule has 0 N–H and O–H groups in total. The average Bonchev–Trinajstić information content (AvgIpc) is 2.63. The Labute approximate surface area is 113 Å². The number of halogens is 1. The van der Waals surface area contributed by atoms with Gasteiger partial charge >= 0.3 is 0 Å². The van der Waals surface area contributed by atoms with Crippen molar-refractivity contribution in [2.45, 2.75) is 44.6 Å². The van der Waals surface area contributed by atoms with Gasteiger partial charge in [-0.3, -0.25) is 0 Å². The molecule has 0 aromatic heterocycles. The van der Waals surface area contributed by atoms with Gasteiger partial charge in [0.25, 0.3) is 10.2 Å². The summed E-state index contributed by atoms with van der Waals surface area (Å²) >= 11 is 3.42. The smallest absolute Gasteiger partial charge is 0.195 e. The molecular formula is C11H21BrN2O2S. The maximum absolute atomic E-state index is 12.5. The van der Waals surface area contributed by atoms with Crippen LogP contribution in [0, 0.1) is 0 Å². The summed E-state index contributed by atoms with van der Waals surface area (Å²) in [7, 11) is -3.21. The van der Waals surface area contributed by atoms with Gasteiger partial charge < -0.3 is 0 Å². The van der Waals surface area contributed by atoms with Crippen molar-refractivity contribution in [3.05, 3.63) is 0 Å². The molecule has 2 fully saturated rings. The van der Waals surface area contributed by atoms with Crippen molar-refractivity contribution in [2.24, 2.45) is 0 Å². The summed E-state index contributed by atoms with van der Waals surface area (Å²) in [6.07, 6.45) is 6.31. The molecule has 17 heavy (non-hydrogen) atoms. The highest BCUT2D eigenvalue weighted by Gasteiger charge is 2.37. The van der Waals surface area contributed by atoms with E-state index in [2.05, 4.69) is 15.9 Å². The topological polar surface area (TPSA) is 40.6 Å². The van der Waals surface area contributed by atoms with Gasteiger partial charge in [0.15, 0.2) is 0 Å². The minimum Gasteiger partial charge on any atom is -0.195 e. The number of nitrogens with zero attached hydrogens (tertiary/aromatic N) is 2. The van der Waals surface area contributed by atoms with E-state index < -0.39 is 10.2 Å². The highest BCUT2D eigenvalue weighted by Crippen LogP contribution is 2.26. The summed E-state index contributed by atoms with van der Waals surface area (Å²) in [6.45, 7) is 2.09. The highest BCUT2D eigenvalue weighted by molar-refractivity contribution is 9.09. The zero-order valence-electron chi connectivity index (χ0n) is 10.1. The summed E-state index contributed by atoms with van der Waals surface area (Å²) in [6, 6.07) is 0.156. The monoisotopic (exact) mass is 324 g/mol. The van der Waals surface area contributed by atoms with E-state index in [9.17, 15) is 8.42 Å². The molecule has 0 saturated carbocycles. The molecule has 0 bridgehead atoms. The maximum atomic E-state index is 12.5. The van der Waals surface area contributed by atoms with Crippen molar-refractivity contribution in [2.75, 3.05) is 25.0 Å². The van der Waals surface area contributed by atoms with E-state index in [-0.39, 0.29) is 6.04 Å². The van der Waals surface area contributed by atoms with Gasteiger partial charge in [-0.05, 0) is 25.7 Å². The Morgan fingerprint density at radius 1 is 1.00 bits per heavy atom. The van der Waals surface area contributed by atoms with E-state index in [1.54, 1.807) is 8.61 Å². The quantitative estimate of drug-likeness (QED) is 0.745. The Morgan fingerprint density at radius 2 is 1.65 bits per heavy atom. The maximum Gasteiger partial charge on any atom is 0.282 e. The Bertz CT molecular complexity index is 339. The molecule has 0 spiro atoms. The second kappa shape index (κ2) is 5.99. The van der Waals surface area contributed by atoms with Crippen LogP contribution in [0.1, 0.15) is 38.5 Å². The van der Waals surface area contributed by atoms with Crippen LogP contribution in [0.2, 0.25) is 0 Å². The van der Waals surface area contributed by atoms with E-state index in [0.717, 1.165) is 43.9 Å². The molecule has 6 heteroatoms. The van der Waals surface area contributed by atoms with Gasteiger partial charge in [-0.2, -0.15) is 17.0 Å². The van der Waals surface area contributed by atoms with E-state index in [0.29, 0.717) is 19.6 Å². The van der Waals surface area contributed by atoms with Crippen LogP contribution in [0.5, 0.6) is 0 Å². The lowest BCUT2D eigenvalue weighted by atomic mass is 10.2. The Hall–Kier alpha value is 0.350. The summed E-state index contributed by atoms with van der Waals surface area (Å²) in [4.78, 5) is 0. The van der Waals surface area contributed by atoms with Gasteiger partial charge in [0.1, 0.15) is 0 Å². The van der Waals surface area contributed by atoms with Crippen molar-refractivity contribution in [3.8, 4) is 0 Å². The normalized spacial score (nSPS) is 29.4. The summed E-state index contributed by atoms with van der Waals surface area (Å²) < 4.78 is 28.5. The first-order valence-electron chi connectivity index (χ1n) is 6.49. The number of alkyl halides is 1. The van der Waals surface area contributed by atoms with E-state index in [1.165, 1.54) is 0 Å². The SMILES string of the molecule is O=S(=O)(N1CCCCCC1)N1CCCC1CBr. The van der Waals surface area contributed by atoms with Gasteiger partial charge in [0.05, 0.1) is 0 Å². The lowest BCUT2D eigenvalue weighted by Crippen LogP contribution is -2.46.